The molecule has 0 atom stereocenters. The second kappa shape index (κ2) is 9.24. The SMILES string of the molecule is CCN(CC)S(=O)(=O)c1ccc(CNC(=O)NC2CCN(C3CC3)CC2)cc1. The number of hydrogen-bond donors (Lipinski definition) is 2. The van der Waals surface area contributed by atoms with Crippen molar-refractivity contribution in [2.75, 3.05) is 26.2 Å². The fourth-order valence-electron chi connectivity index (χ4n) is 3.76. The number of hydrogen-bond acceptors (Lipinski definition) is 4. The summed E-state index contributed by atoms with van der Waals surface area (Å²) in [6, 6.07) is 7.59. The van der Waals surface area contributed by atoms with Gasteiger partial charge in [0.05, 0.1) is 4.90 Å². The largest absolute Gasteiger partial charge is 0.335 e. The summed E-state index contributed by atoms with van der Waals surface area (Å²) in [5.41, 5.74) is 0.872. The van der Waals surface area contributed by atoms with Crippen molar-refractivity contribution in [2.24, 2.45) is 0 Å². The zero-order valence-corrected chi connectivity index (χ0v) is 17.7. The van der Waals surface area contributed by atoms with E-state index in [1.165, 1.54) is 17.1 Å². The highest BCUT2D eigenvalue weighted by Crippen LogP contribution is 2.29. The van der Waals surface area contributed by atoms with Crippen molar-refractivity contribution in [2.45, 2.75) is 63.1 Å². The standard InChI is InChI=1S/C20H32N4O3S/c1-3-24(4-2)28(26,27)19-9-5-16(6-10-19)15-21-20(25)22-17-11-13-23(14-12-17)18-7-8-18/h5-6,9-10,17-18H,3-4,7-8,11-15H2,1-2H3,(H2,21,22,25). The second-order valence-electron chi connectivity index (χ2n) is 7.60. The van der Waals surface area contributed by atoms with Gasteiger partial charge in [-0.1, -0.05) is 26.0 Å². The molecule has 7 nitrogen and oxygen atoms in total. The van der Waals surface area contributed by atoms with Gasteiger partial charge in [-0.3, -0.25) is 0 Å². The number of piperidine rings is 1. The van der Waals surface area contributed by atoms with Crippen LogP contribution in [0, 0.1) is 0 Å². The van der Waals surface area contributed by atoms with Crippen LogP contribution in [0.5, 0.6) is 0 Å². The van der Waals surface area contributed by atoms with Crippen LogP contribution >= 0.6 is 0 Å². The molecule has 2 aliphatic rings. The van der Waals surface area contributed by atoms with Crippen molar-refractivity contribution in [3.8, 4) is 0 Å². The summed E-state index contributed by atoms with van der Waals surface area (Å²) in [6.45, 7) is 7.06. The Morgan fingerprint density at radius 2 is 1.68 bits per heavy atom. The summed E-state index contributed by atoms with van der Waals surface area (Å²) in [7, 11) is -3.45. The Kier molecular flexibility index (Phi) is 6.95. The summed E-state index contributed by atoms with van der Waals surface area (Å²) in [6.07, 6.45) is 4.66. The van der Waals surface area contributed by atoms with E-state index in [4.69, 9.17) is 0 Å². The lowest BCUT2D eigenvalue weighted by molar-refractivity contribution is 0.186. The normalized spacial score (nSPS) is 19.0. The molecule has 2 N–H and O–H groups in total. The summed E-state index contributed by atoms with van der Waals surface area (Å²) < 4.78 is 26.4. The maximum absolute atomic E-state index is 12.5. The molecule has 0 spiro atoms. The lowest BCUT2D eigenvalue weighted by Crippen LogP contribution is -2.48. The fraction of sp³-hybridized carbons (Fsp3) is 0.650. The van der Waals surface area contributed by atoms with Gasteiger partial charge in [-0.25, -0.2) is 13.2 Å². The number of nitrogens with zero attached hydrogens (tertiary/aromatic N) is 2. The van der Waals surface area contributed by atoms with Gasteiger partial charge >= 0.3 is 6.03 Å². The molecule has 8 heteroatoms. The highest BCUT2D eigenvalue weighted by molar-refractivity contribution is 7.89. The van der Waals surface area contributed by atoms with Gasteiger partial charge in [-0.2, -0.15) is 4.31 Å². The van der Waals surface area contributed by atoms with Gasteiger partial charge in [-0.15, -0.1) is 0 Å². The molecule has 1 aliphatic carbocycles. The average molecular weight is 409 g/mol. The molecular weight excluding hydrogens is 376 g/mol. The first-order valence-corrected chi connectivity index (χ1v) is 11.8. The van der Waals surface area contributed by atoms with Gasteiger partial charge in [0, 0.05) is 44.8 Å². The summed E-state index contributed by atoms with van der Waals surface area (Å²) >= 11 is 0. The molecule has 2 amide bonds. The fourth-order valence-corrected chi connectivity index (χ4v) is 5.22. The van der Waals surface area contributed by atoms with E-state index >= 15 is 0 Å². The molecule has 28 heavy (non-hydrogen) atoms. The molecular formula is C20H32N4O3S. The monoisotopic (exact) mass is 408 g/mol. The Bertz CT molecular complexity index is 750. The third-order valence-electron chi connectivity index (χ3n) is 5.65. The Morgan fingerprint density at radius 1 is 1.07 bits per heavy atom. The first kappa shape index (κ1) is 21.1. The van der Waals surface area contributed by atoms with Gasteiger partial charge in [0.15, 0.2) is 0 Å². The number of amides is 2. The van der Waals surface area contributed by atoms with Crippen LogP contribution in [-0.4, -0.2) is 61.9 Å². The maximum Gasteiger partial charge on any atom is 0.315 e. The van der Waals surface area contributed by atoms with Crippen LogP contribution in [0.4, 0.5) is 4.79 Å². The predicted octanol–water partition coefficient (Wildman–Crippen LogP) is 2.14. The molecule has 156 valence electrons. The number of carbonyl (C=O) groups is 1. The van der Waals surface area contributed by atoms with Gasteiger partial charge in [0.25, 0.3) is 0 Å². The van der Waals surface area contributed by atoms with Crippen molar-refractivity contribution < 1.29 is 13.2 Å². The quantitative estimate of drug-likeness (QED) is 0.691. The average Bonchev–Trinajstić information content (AvgIpc) is 3.53. The highest BCUT2D eigenvalue weighted by Gasteiger charge is 2.32. The lowest BCUT2D eigenvalue weighted by atomic mass is 10.1. The van der Waals surface area contributed by atoms with E-state index in [0.29, 0.717) is 19.6 Å². The van der Waals surface area contributed by atoms with Crippen molar-refractivity contribution in [1.82, 2.24) is 19.8 Å². The Morgan fingerprint density at radius 3 is 2.21 bits per heavy atom. The van der Waals surface area contributed by atoms with Gasteiger partial charge < -0.3 is 15.5 Å². The Hall–Kier alpha value is -1.64. The molecule has 1 aromatic carbocycles. The van der Waals surface area contributed by atoms with Crippen LogP contribution in [0.25, 0.3) is 0 Å². The van der Waals surface area contributed by atoms with Crippen molar-refractivity contribution in [1.29, 1.82) is 0 Å². The number of nitrogens with one attached hydrogen (secondary N) is 2. The maximum atomic E-state index is 12.5. The Balaban J connectivity index is 1.45. The van der Waals surface area contributed by atoms with E-state index in [0.717, 1.165) is 37.5 Å². The van der Waals surface area contributed by atoms with Crippen LogP contribution in [0.2, 0.25) is 0 Å². The molecule has 1 heterocycles. The number of carbonyl (C=O) groups excluding carboxylic acids is 1. The smallest absolute Gasteiger partial charge is 0.315 e. The van der Waals surface area contributed by atoms with Crippen LogP contribution in [0.3, 0.4) is 0 Å². The first-order chi connectivity index (χ1) is 13.4. The molecule has 2 fully saturated rings. The zero-order chi connectivity index (χ0) is 20.1. The molecule has 0 bridgehead atoms. The number of likely N-dealkylation sites (tertiary alicyclic amines) is 1. The van der Waals surface area contributed by atoms with E-state index in [1.807, 2.05) is 13.8 Å². The van der Waals surface area contributed by atoms with Crippen LogP contribution in [0.1, 0.15) is 45.1 Å². The molecule has 0 unspecified atom stereocenters. The van der Waals surface area contributed by atoms with E-state index in [-0.39, 0.29) is 17.0 Å². The van der Waals surface area contributed by atoms with Gasteiger partial charge in [-0.05, 0) is 43.4 Å². The number of urea groups is 1. The third kappa shape index (κ3) is 5.24. The number of rotatable bonds is 8. The highest BCUT2D eigenvalue weighted by atomic mass is 32.2. The topological polar surface area (TPSA) is 81.8 Å². The minimum absolute atomic E-state index is 0.162. The van der Waals surface area contributed by atoms with Crippen LogP contribution in [0.15, 0.2) is 29.2 Å². The lowest BCUT2D eigenvalue weighted by Gasteiger charge is -2.32. The molecule has 1 aromatic rings. The van der Waals surface area contributed by atoms with Gasteiger partial charge in [0.2, 0.25) is 10.0 Å². The summed E-state index contributed by atoms with van der Waals surface area (Å²) in [4.78, 5) is 15.0. The zero-order valence-electron chi connectivity index (χ0n) is 16.9. The van der Waals surface area contributed by atoms with Gasteiger partial charge in [0.1, 0.15) is 0 Å². The van der Waals surface area contributed by atoms with E-state index in [1.54, 1.807) is 24.3 Å². The molecule has 1 saturated heterocycles. The first-order valence-electron chi connectivity index (χ1n) is 10.3. The number of sulfonamides is 1. The molecule has 0 aromatic heterocycles. The minimum Gasteiger partial charge on any atom is -0.335 e. The molecule has 3 rings (SSSR count). The van der Waals surface area contributed by atoms with E-state index in [9.17, 15) is 13.2 Å². The van der Waals surface area contributed by atoms with Crippen LogP contribution in [-0.2, 0) is 16.6 Å². The van der Waals surface area contributed by atoms with Crippen molar-refractivity contribution >= 4 is 16.1 Å². The minimum atomic E-state index is -3.45. The Labute approximate surface area is 168 Å². The van der Waals surface area contributed by atoms with E-state index in [2.05, 4.69) is 15.5 Å². The van der Waals surface area contributed by atoms with Crippen molar-refractivity contribution in [3.63, 3.8) is 0 Å². The molecule has 1 aliphatic heterocycles. The third-order valence-corrected chi connectivity index (χ3v) is 7.71. The van der Waals surface area contributed by atoms with E-state index < -0.39 is 10.0 Å². The van der Waals surface area contributed by atoms with Crippen molar-refractivity contribution in [3.05, 3.63) is 29.8 Å². The predicted molar refractivity (Wildman–Crippen MR) is 110 cm³/mol. The molecule has 1 saturated carbocycles. The summed E-state index contributed by atoms with van der Waals surface area (Å²) in [5, 5.41) is 5.93. The second-order valence-corrected chi connectivity index (χ2v) is 9.54. The summed E-state index contributed by atoms with van der Waals surface area (Å²) in [5.74, 6) is 0. The van der Waals surface area contributed by atoms with Crippen LogP contribution < -0.4 is 10.6 Å². The molecule has 0 radical (unpaired) electrons. The number of benzene rings is 1.